The average Bonchev–Trinajstić information content (AvgIpc) is 2.43. The highest BCUT2D eigenvalue weighted by Crippen LogP contribution is 2.32. The Morgan fingerprint density at radius 1 is 1.43 bits per heavy atom. The van der Waals surface area contributed by atoms with E-state index >= 15 is 0 Å². The quantitative estimate of drug-likeness (QED) is 0.858. The summed E-state index contributed by atoms with van der Waals surface area (Å²) >= 11 is 5.72. The van der Waals surface area contributed by atoms with E-state index in [9.17, 15) is 12.8 Å². The van der Waals surface area contributed by atoms with E-state index in [0.717, 1.165) is 38.2 Å². The monoisotopic (exact) mass is 334 g/mol. The first-order valence-electron chi connectivity index (χ1n) is 7.14. The third-order valence-corrected chi connectivity index (χ3v) is 6.02. The van der Waals surface area contributed by atoms with Crippen molar-refractivity contribution in [3.63, 3.8) is 0 Å². The minimum atomic E-state index is -3.92. The van der Waals surface area contributed by atoms with E-state index in [0.29, 0.717) is 6.54 Å². The van der Waals surface area contributed by atoms with Crippen molar-refractivity contribution in [2.75, 3.05) is 12.3 Å². The zero-order valence-electron chi connectivity index (χ0n) is 12.0. The van der Waals surface area contributed by atoms with E-state index in [1.807, 2.05) is 6.92 Å². The Kier molecular flexibility index (Phi) is 5.11. The molecule has 1 aromatic rings. The van der Waals surface area contributed by atoms with Gasteiger partial charge in [0.2, 0.25) is 10.0 Å². The molecule has 1 fully saturated rings. The largest absolute Gasteiger partial charge is 0.399 e. The summed E-state index contributed by atoms with van der Waals surface area (Å²) in [5.74, 6) is -0.924. The van der Waals surface area contributed by atoms with Crippen molar-refractivity contribution in [3.05, 3.63) is 23.0 Å². The summed E-state index contributed by atoms with van der Waals surface area (Å²) < 4.78 is 41.1. The summed E-state index contributed by atoms with van der Waals surface area (Å²) in [6.07, 6.45) is 4.26. The summed E-state index contributed by atoms with van der Waals surface area (Å²) in [7, 11) is -3.92. The van der Waals surface area contributed by atoms with Gasteiger partial charge in [0.1, 0.15) is 4.90 Å². The van der Waals surface area contributed by atoms with Gasteiger partial charge >= 0.3 is 0 Å². The third kappa shape index (κ3) is 3.33. The van der Waals surface area contributed by atoms with Crippen molar-refractivity contribution in [3.8, 4) is 0 Å². The average molecular weight is 335 g/mol. The van der Waals surface area contributed by atoms with Crippen molar-refractivity contribution in [2.24, 2.45) is 0 Å². The lowest BCUT2D eigenvalue weighted by molar-refractivity contribution is 0.239. The number of hydrogen-bond acceptors (Lipinski definition) is 3. The van der Waals surface area contributed by atoms with Crippen molar-refractivity contribution >= 4 is 27.3 Å². The molecule has 0 radical (unpaired) electrons. The molecular formula is C14H20ClFN2O2S. The van der Waals surface area contributed by atoms with E-state index in [-0.39, 0.29) is 16.8 Å². The van der Waals surface area contributed by atoms with Crippen LogP contribution in [0.1, 0.15) is 39.0 Å². The highest BCUT2D eigenvalue weighted by Gasteiger charge is 2.35. The van der Waals surface area contributed by atoms with Crippen molar-refractivity contribution in [1.82, 2.24) is 4.31 Å². The second kappa shape index (κ2) is 6.50. The maximum absolute atomic E-state index is 14.2. The van der Waals surface area contributed by atoms with E-state index in [1.165, 1.54) is 10.4 Å². The van der Waals surface area contributed by atoms with Gasteiger partial charge in [0.25, 0.3) is 0 Å². The molecule has 0 aliphatic carbocycles. The standard InChI is InChI=1S/C14H20ClFN2O2S/c1-2-5-11-6-3-4-7-18(11)21(19,20)13-9-10(17)8-12(15)14(13)16/h8-9,11H,2-7,17H2,1H3. The van der Waals surface area contributed by atoms with Crippen LogP contribution in [0.25, 0.3) is 0 Å². The van der Waals surface area contributed by atoms with Crippen LogP contribution in [0.2, 0.25) is 5.02 Å². The smallest absolute Gasteiger partial charge is 0.246 e. The van der Waals surface area contributed by atoms with Crippen molar-refractivity contribution in [2.45, 2.75) is 50.0 Å². The summed E-state index contributed by atoms with van der Waals surface area (Å²) in [5.41, 5.74) is 5.76. The Morgan fingerprint density at radius 3 is 2.81 bits per heavy atom. The van der Waals surface area contributed by atoms with Crippen LogP contribution in [0.15, 0.2) is 17.0 Å². The minimum Gasteiger partial charge on any atom is -0.399 e. The van der Waals surface area contributed by atoms with Gasteiger partial charge in [-0.2, -0.15) is 4.31 Å². The maximum atomic E-state index is 14.2. The Hall–Kier alpha value is -0.850. The number of rotatable bonds is 4. The van der Waals surface area contributed by atoms with Gasteiger partial charge in [-0.05, 0) is 31.4 Å². The number of hydrogen-bond donors (Lipinski definition) is 1. The fraction of sp³-hybridized carbons (Fsp3) is 0.571. The molecule has 0 saturated carbocycles. The molecule has 7 heteroatoms. The third-order valence-electron chi connectivity index (χ3n) is 3.80. The molecule has 1 unspecified atom stereocenters. The van der Waals surface area contributed by atoms with Gasteiger partial charge in [-0.1, -0.05) is 31.4 Å². The van der Waals surface area contributed by atoms with Crippen LogP contribution in [0.5, 0.6) is 0 Å². The second-order valence-electron chi connectivity index (χ2n) is 5.37. The molecule has 1 saturated heterocycles. The molecule has 1 aliphatic rings. The topological polar surface area (TPSA) is 63.4 Å². The highest BCUT2D eigenvalue weighted by molar-refractivity contribution is 7.89. The lowest BCUT2D eigenvalue weighted by Crippen LogP contribution is -2.43. The first-order chi connectivity index (χ1) is 9.87. The number of nitrogens with zero attached hydrogens (tertiary/aromatic N) is 1. The first kappa shape index (κ1) is 16.5. The minimum absolute atomic E-state index is 0.0756. The van der Waals surface area contributed by atoms with Gasteiger partial charge in [0, 0.05) is 18.3 Å². The Balaban J connectivity index is 2.45. The zero-order chi connectivity index (χ0) is 15.6. The predicted molar refractivity (Wildman–Crippen MR) is 82.3 cm³/mol. The Labute approximate surface area is 130 Å². The fourth-order valence-electron chi connectivity index (χ4n) is 2.81. The number of benzene rings is 1. The van der Waals surface area contributed by atoms with Gasteiger partial charge in [-0.3, -0.25) is 0 Å². The molecule has 0 bridgehead atoms. The summed E-state index contributed by atoms with van der Waals surface area (Å²) in [4.78, 5) is -0.421. The zero-order valence-corrected chi connectivity index (χ0v) is 13.6. The van der Waals surface area contributed by atoms with Gasteiger partial charge in [0.05, 0.1) is 5.02 Å². The summed E-state index contributed by atoms with van der Waals surface area (Å²) in [6.45, 7) is 2.43. The maximum Gasteiger partial charge on any atom is 0.246 e. The molecule has 1 aromatic carbocycles. The SMILES string of the molecule is CCCC1CCCCN1S(=O)(=O)c1cc(N)cc(Cl)c1F. The van der Waals surface area contributed by atoms with Crippen molar-refractivity contribution in [1.29, 1.82) is 0 Å². The molecule has 0 spiro atoms. The van der Waals surface area contributed by atoms with Crippen LogP contribution in [0.4, 0.5) is 10.1 Å². The van der Waals surface area contributed by atoms with E-state index in [4.69, 9.17) is 17.3 Å². The lowest BCUT2D eigenvalue weighted by atomic mass is 10.0. The normalized spacial score (nSPS) is 20.6. The Morgan fingerprint density at radius 2 is 2.14 bits per heavy atom. The lowest BCUT2D eigenvalue weighted by Gasteiger charge is -2.34. The van der Waals surface area contributed by atoms with Crippen LogP contribution in [0, 0.1) is 5.82 Å². The van der Waals surface area contributed by atoms with Crippen LogP contribution >= 0.6 is 11.6 Å². The van der Waals surface area contributed by atoms with Crippen LogP contribution < -0.4 is 5.73 Å². The van der Waals surface area contributed by atoms with Crippen molar-refractivity contribution < 1.29 is 12.8 Å². The summed E-state index contributed by atoms with van der Waals surface area (Å²) in [6, 6.07) is 2.29. The number of sulfonamides is 1. The van der Waals surface area contributed by atoms with Crippen LogP contribution in [0.3, 0.4) is 0 Å². The molecule has 2 rings (SSSR count). The Bertz CT molecular complexity index is 620. The number of nitrogen functional groups attached to an aromatic ring is 1. The molecular weight excluding hydrogens is 315 g/mol. The van der Waals surface area contributed by atoms with E-state index in [2.05, 4.69) is 0 Å². The van der Waals surface area contributed by atoms with Gasteiger partial charge < -0.3 is 5.73 Å². The molecule has 118 valence electrons. The summed E-state index contributed by atoms with van der Waals surface area (Å²) in [5, 5.41) is -0.266. The number of anilines is 1. The number of piperidine rings is 1. The molecule has 1 heterocycles. The van der Waals surface area contributed by atoms with Gasteiger partial charge in [0.15, 0.2) is 5.82 Å². The van der Waals surface area contributed by atoms with Crippen LogP contribution in [-0.2, 0) is 10.0 Å². The molecule has 2 N–H and O–H groups in total. The fourth-order valence-corrected chi connectivity index (χ4v) is 4.94. The number of halogens is 2. The molecule has 0 amide bonds. The van der Waals surface area contributed by atoms with Crippen LogP contribution in [-0.4, -0.2) is 25.3 Å². The first-order valence-corrected chi connectivity index (χ1v) is 8.96. The molecule has 4 nitrogen and oxygen atoms in total. The predicted octanol–water partition coefficient (Wildman–Crippen LogP) is 3.40. The number of nitrogens with two attached hydrogens (primary N) is 1. The van der Waals surface area contributed by atoms with Gasteiger partial charge in [-0.15, -0.1) is 0 Å². The van der Waals surface area contributed by atoms with E-state index < -0.39 is 20.7 Å². The highest BCUT2D eigenvalue weighted by atomic mass is 35.5. The molecule has 21 heavy (non-hydrogen) atoms. The van der Waals surface area contributed by atoms with E-state index in [1.54, 1.807) is 0 Å². The van der Waals surface area contributed by atoms with Gasteiger partial charge in [-0.25, -0.2) is 12.8 Å². The second-order valence-corrected chi connectivity index (χ2v) is 7.64. The molecule has 1 aliphatic heterocycles. The molecule has 1 atom stereocenters. The molecule has 0 aromatic heterocycles.